The molecule has 198 valence electrons. The van der Waals surface area contributed by atoms with Gasteiger partial charge in [0, 0.05) is 44.3 Å². The van der Waals surface area contributed by atoms with Crippen LogP contribution in [0.2, 0.25) is 0 Å². The summed E-state index contributed by atoms with van der Waals surface area (Å²) in [7, 11) is -1.65. The molecule has 0 bridgehead atoms. The normalized spacial score (nSPS) is 20.2. The minimum absolute atomic E-state index is 0.0804. The smallest absolute Gasteiger partial charge is 0.423 e. The van der Waals surface area contributed by atoms with Crippen molar-refractivity contribution in [1.29, 1.82) is 0 Å². The minimum Gasteiger partial charge on any atom is -0.423 e. The second kappa shape index (κ2) is 12.1. The van der Waals surface area contributed by atoms with E-state index in [9.17, 15) is 14.8 Å². The van der Waals surface area contributed by atoms with Crippen molar-refractivity contribution in [2.75, 3.05) is 19.6 Å². The number of hydrogen-bond acceptors (Lipinski definition) is 5. The highest BCUT2D eigenvalue weighted by atomic mass is 16.4. The molecule has 1 aliphatic carbocycles. The Labute approximate surface area is 222 Å². The van der Waals surface area contributed by atoms with E-state index in [-0.39, 0.29) is 5.91 Å². The van der Waals surface area contributed by atoms with E-state index in [1.807, 2.05) is 11.0 Å². The Morgan fingerprint density at radius 3 is 2.38 bits per heavy atom. The summed E-state index contributed by atoms with van der Waals surface area (Å²) in [6.07, 6.45) is 11.6. The number of nitrogens with zero attached hydrogens (tertiary/aromatic N) is 2. The molecule has 7 heteroatoms. The molecule has 4 N–H and O–H groups in total. The van der Waals surface area contributed by atoms with E-state index in [1.165, 1.54) is 50.5 Å². The molecular formula is C30H42BN3O3. The van der Waals surface area contributed by atoms with Crippen LogP contribution >= 0.6 is 0 Å². The lowest BCUT2D eigenvalue weighted by molar-refractivity contribution is 0.0713. The molecule has 0 radical (unpaired) electrons. The van der Waals surface area contributed by atoms with Crippen LogP contribution in [0.3, 0.4) is 0 Å². The summed E-state index contributed by atoms with van der Waals surface area (Å²) >= 11 is 0. The number of carbonyl (C=O) groups is 1. The van der Waals surface area contributed by atoms with E-state index < -0.39 is 7.12 Å². The van der Waals surface area contributed by atoms with Crippen LogP contribution in [-0.2, 0) is 19.5 Å². The maximum atomic E-state index is 13.7. The fourth-order valence-corrected chi connectivity index (χ4v) is 6.83. The third-order valence-corrected chi connectivity index (χ3v) is 9.00. The summed E-state index contributed by atoms with van der Waals surface area (Å²) in [4.78, 5) is 18.1. The van der Waals surface area contributed by atoms with Gasteiger partial charge in [-0.2, -0.15) is 0 Å². The maximum Gasteiger partial charge on any atom is 0.489 e. The second-order valence-corrected chi connectivity index (χ2v) is 11.3. The number of carbonyl (C=O) groups excluding carboxylic acids is 1. The second-order valence-electron chi connectivity index (χ2n) is 11.3. The Kier molecular flexibility index (Phi) is 8.65. The number of fused-ring (bicyclic) bond motifs is 1. The van der Waals surface area contributed by atoms with E-state index in [4.69, 9.17) is 5.73 Å². The quantitative estimate of drug-likeness (QED) is 0.545. The van der Waals surface area contributed by atoms with Crippen molar-refractivity contribution in [2.24, 2.45) is 5.73 Å². The zero-order chi connectivity index (χ0) is 25.8. The first-order valence-corrected chi connectivity index (χ1v) is 14.4. The molecule has 0 aromatic heterocycles. The van der Waals surface area contributed by atoms with Gasteiger partial charge in [-0.25, -0.2) is 0 Å². The molecule has 1 saturated carbocycles. The predicted molar refractivity (Wildman–Crippen MR) is 149 cm³/mol. The van der Waals surface area contributed by atoms with Crippen LogP contribution in [-0.4, -0.2) is 58.5 Å². The van der Waals surface area contributed by atoms with Crippen LogP contribution in [0.5, 0.6) is 0 Å². The summed E-state index contributed by atoms with van der Waals surface area (Å²) in [5.74, 6) is 0.336. The molecule has 2 heterocycles. The van der Waals surface area contributed by atoms with Crippen LogP contribution in [0, 0.1) is 0 Å². The third-order valence-electron chi connectivity index (χ3n) is 9.00. The number of amides is 1. The summed E-state index contributed by atoms with van der Waals surface area (Å²) < 4.78 is 0. The number of benzene rings is 2. The Morgan fingerprint density at radius 2 is 1.68 bits per heavy atom. The summed E-state index contributed by atoms with van der Waals surface area (Å²) in [6.45, 7) is 3.58. The molecule has 5 rings (SSSR count). The molecule has 3 aliphatic rings. The van der Waals surface area contributed by atoms with E-state index >= 15 is 0 Å². The highest BCUT2D eigenvalue weighted by Gasteiger charge is 2.33. The van der Waals surface area contributed by atoms with Gasteiger partial charge in [0.05, 0.1) is 0 Å². The third kappa shape index (κ3) is 5.95. The number of rotatable bonds is 5. The lowest BCUT2D eigenvalue weighted by atomic mass is 9.71. The topological polar surface area (TPSA) is 90.0 Å². The first-order chi connectivity index (χ1) is 18.0. The van der Waals surface area contributed by atoms with E-state index in [1.54, 1.807) is 0 Å². The van der Waals surface area contributed by atoms with E-state index in [0.717, 1.165) is 42.5 Å². The first kappa shape index (κ1) is 26.4. The van der Waals surface area contributed by atoms with Gasteiger partial charge in [0.1, 0.15) is 0 Å². The maximum absolute atomic E-state index is 13.7. The van der Waals surface area contributed by atoms with Crippen LogP contribution in [0.4, 0.5) is 0 Å². The van der Waals surface area contributed by atoms with Crippen molar-refractivity contribution in [3.05, 3.63) is 64.2 Å². The van der Waals surface area contributed by atoms with Crippen molar-refractivity contribution in [2.45, 2.75) is 89.3 Å². The van der Waals surface area contributed by atoms with Crippen LogP contribution in [0.1, 0.15) is 96.3 Å². The predicted octanol–water partition coefficient (Wildman–Crippen LogP) is 3.32. The van der Waals surface area contributed by atoms with Gasteiger partial charge in [-0.05, 0) is 71.8 Å². The number of likely N-dealkylation sites (tertiary alicyclic amines) is 1. The van der Waals surface area contributed by atoms with Crippen LogP contribution in [0.15, 0.2) is 36.4 Å². The first-order valence-electron chi connectivity index (χ1n) is 14.4. The highest BCUT2D eigenvalue weighted by molar-refractivity contribution is 6.61. The Hall–Kier alpha value is -2.19. The molecule has 6 nitrogen and oxygen atoms in total. The monoisotopic (exact) mass is 503 g/mol. The van der Waals surface area contributed by atoms with Gasteiger partial charge in [-0.1, -0.05) is 62.4 Å². The van der Waals surface area contributed by atoms with Gasteiger partial charge in [0.25, 0.3) is 5.91 Å². The van der Waals surface area contributed by atoms with Gasteiger partial charge in [-0.15, -0.1) is 0 Å². The number of piperidine rings is 1. The zero-order valence-corrected chi connectivity index (χ0v) is 22.1. The lowest BCUT2D eigenvalue weighted by Crippen LogP contribution is -2.48. The Balaban J connectivity index is 1.32. The van der Waals surface area contributed by atoms with E-state index in [0.29, 0.717) is 49.2 Å². The molecule has 2 fully saturated rings. The van der Waals surface area contributed by atoms with Crippen molar-refractivity contribution in [3.8, 4) is 0 Å². The SMILES string of the molecule is NCc1cccc(C2CCN(C(=O)c3ccc4c(c3B(O)O)CN(C3CCCCCCC3)CC4)CC2)c1. The number of hydrogen-bond donors (Lipinski definition) is 3. The standard InChI is InChI=1S/C30H42BN3O3/c32-20-22-7-6-8-25(19-22)23-13-16-33(17-14-23)30(35)27-12-11-24-15-18-34(21-28(24)29(27)31(36)37)26-9-4-2-1-3-5-10-26/h6-8,11-12,19,23,26,36-37H,1-5,9-10,13-18,20-21,32H2. The zero-order valence-electron chi connectivity index (χ0n) is 22.1. The molecule has 2 aromatic rings. The summed E-state index contributed by atoms with van der Waals surface area (Å²) in [5, 5.41) is 21.0. The fourth-order valence-electron chi connectivity index (χ4n) is 6.83. The van der Waals surface area contributed by atoms with Crippen LogP contribution < -0.4 is 11.2 Å². The summed E-state index contributed by atoms with van der Waals surface area (Å²) in [6, 6.07) is 12.9. The molecular weight excluding hydrogens is 461 g/mol. The molecule has 1 amide bonds. The van der Waals surface area contributed by atoms with Crippen molar-refractivity contribution < 1.29 is 14.8 Å². The molecule has 2 aliphatic heterocycles. The molecule has 2 aromatic carbocycles. The van der Waals surface area contributed by atoms with Crippen LogP contribution in [0.25, 0.3) is 0 Å². The summed E-state index contributed by atoms with van der Waals surface area (Å²) in [5.41, 5.74) is 11.3. The van der Waals surface area contributed by atoms with Gasteiger partial charge in [0.2, 0.25) is 0 Å². The Morgan fingerprint density at radius 1 is 0.946 bits per heavy atom. The molecule has 0 atom stereocenters. The average molecular weight is 503 g/mol. The van der Waals surface area contributed by atoms with Crippen molar-refractivity contribution in [1.82, 2.24) is 9.80 Å². The van der Waals surface area contributed by atoms with Gasteiger partial charge in [-0.3, -0.25) is 9.69 Å². The average Bonchev–Trinajstić information content (AvgIpc) is 2.91. The van der Waals surface area contributed by atoms with E-state index in [2.05, 4.69) is 35.2 Å². The molecule has 0 spiro atoms. The largest absolute Gasteiger partial charge is 0.489 e. The van der Waals surface area contributed by atoms with Gasteiger partial charge < -0.3 is 20.7 Å². The molecule has 37 heavy (non-hydrogen) atoms. The fraction of sp³-hybridized carbons (Fsp3) is 0.567. The van der Waals surface area contributed by atoms with Gasteiger partial charge >= 0.3 is 7.12 Å². The minimum atomic E-state index is -1.65. The number of nitrogens with two attached hydrogens (primary N) is 1. The van der Waals surface area contributed by atoms with Crippen molar-refractivity contribution >= 4 is 18.5 Å². The Bertz CT molecular complexity index is 1080. The molecule has 0 unspecified atom stereocenters. The lowest BCUT2D eigenvalue weighted by Gasteiger charge is -2.38. The highest BCUT2D eigenvalue weighted by Crippen LogP contribution is 2.30. The van der Waals surface area contributed by atoms with Gasteiger partial charge in [0.15, 0.2) is 0 Å². The molecule has 1 saturated heterocycles. The van der Waals surface area contributed by atoms with Crippen molar-refractivity contribution in [3.63, 3.8) is 0 Å².